The maximum atomic E-state index is 11.3. The van der Waals surface area contributed by atoms with Crippen LogP contribution in [0.3, 0.4) is 0 Å². The third kappa shape index (κ3) is 2.37. The van der Waals surface area contributed by atoms with Crippen LogP contribution in [0.5, 0.6) is 0 Å². The summed E-state index contributed by atoms with van der Waals surface area (Å²) in [6.07, 6.45) is 3.00. The summed E-state index contributed by atoms with van der Waals surface area (Å²) in [5.41, 5.74) is -0.812. The molecule has 0 radical (unpaired) electrons. The van der Waals surface area contributed by atoms with Gasteiger partial charge in [-0.2, -0.15) is 0 Å². The van der Waals surface area contributed by atoms with Gasteiger partial charge in [0.1, 0.15) is 0 Å². The van der Waals surface area contributed by atoms with Crippen LogP contribution < -0.4 is 0 Å². The minimum atomic E-state index is -0.812. The minimum absolute atomic E-state index is 0.315. The van der Waals surface area contributed by atoms with Crippen LogP contribution in [0.2, 0.25) is 0 Å². The van der Waals surface area contributed by atoms with E-state index in [-0.39, 0.29) is 0 Å². The topological polar surface area (TPSA) is 80.9 Å². The number of hydrogen-bond acceptors (Lipinski definition) is 4. The lowest BCUT2D eigenvalue weighted by molar-refractivity contribution is -0.149. The Bertz CT molecular complexity index is 441. The van der Waals surface area contributed by atoms with Gasteiger partial charge in [0.15, 0.2) is 5.82 Å². The molecule has 1 aromatic rings. The number of carbonyl (C=O) groups is 1. The highest BCUT2D eigenvalue weighted by atomic mass is 16.4. The Morgan fingerprint density at radius 3 is 2.78 bits per heavy atom. The van der Waals surface area contributed by atoms with Crippen LogP contribution in [-0.2, 0) is 11.3 Å². The molecule has 1 fully saturated rings. The molecule has 0 saturated heterocycles. The Labute approximate surface area is 106 Å². The van der Waals surface area contributed by atoms with Gasteiger partial charge in [0.25, 0.3) is 0 Å². The molecule has 0 aliphatic heterocycles. The molecule has 1 N–H and O–H groups in total. The summed E-state index contributed by atoms with van der Waals surface area (Å²) in [6.45, 7) is 6.06. The van der Waals surface area contributed by atoms with Crippen LogP contribution in [0, 0.1) is 11.3 Å². The van der Waals surface area contributed by atoms with Gasteiger partial charge in [0, 0.05) is 5.92 Å². The van der Waals surface area contributed by atoms with Gasteiger partial charge in [-0.3, -0.25) is 4.79 Å². The monoisotopic (exact) mass is 252 g/mol. The van der Waals surface area contributed by atoms with Crippen LogP contribution in [0.1, 0.15) is 51.8 Å². The number of carboxylic acids is 1. The minimum Gasteiger partial charge on any atom is -0.481 e. The van der Waals surface area contributed by atoms with Gasteiger partial charge in [-0.25, -0.2) is 4.68 Å². The number of tetrazole rings is 1. The van der Waals surface area contributed by atoms with Crippen LogP contribution >= 0.6 is 0 Å². The van der Waals surface area contributed by atoms with E-state index in [4.69, 9.17) is 0 Å². The molecule has 0 aromatic carbocycles. The van der Waals surface area contributed by atoms with Gasteiger partial charge < -0.3 is 5.11 Å². The number of aromatic nitrogens is 4. The molecule has 0 spiro atoms. The normalized spacial score (nSPS) is 20.4. The summed E-state index contributed by atoms with van der Waals surface area (Å²) in [5, 5.41) is 21.0. The predicted octanol–water partition coefficient (Wildman–Crippen LogP) is 1.69. The molecule has 2 atom stereocenters. The Balaban J connectivity index is 2.18. The van der Waals surface area contributed by atoms with Crippen LogP contribution in [0.4, 0.5) is 0 Å². The van der Waals surface area contributed by atoms with Crippen LogP contribution in [0.25, 0.3) is 0 Å². The number of rotatable bonds is 6. The second-order valence-corrected chi connectivity index (χ2v) is 5.54. The lowest BCUT2D eigenvalue weighted by Gasteiger charge is -2.23. The van der Waals surface area contributed by atoms with Crippen molar-refractivity contribution in [3.8, 4) is 0 Å². The number of nitrogens with zero attached hydrogens (tertiary/aromatic N) is 4. The van der Waals surface area contributed by atoms with Gasteiger partial charge in [-0.05, 0) is 42.5 Å². The second-order valence-electron chi connectivity index (χ2n) is 5.54. The third-order valence-electron chi connectivity index (χ3n) is 4.09. The quantitative estimate of drug-likeness (QED) is 0.833. The molecule has 1 saturated carbocycles. The molecule has 18 heavy (non-hydrogen) atoms. The van der Waals surface area contributed by atoms with E-state index in [1.807, 2.05) is 6.92 Å². The Morgan fingerprint density at radius 2 is 2.28 bits per heavy atom. The molecule has 1 aromatic heterocycles. The first-order chi connectivity index (χ1) is 8.48. The molecule has 1 aliphatic rings. The molecule has 2 unspecified atom stereocenters. The molecule has 1 aliphatic carbocycles. The zero-order valence-corrected chi connectivity index (χ0v) is 11.1. The fourth-order valence-corrected chi connectivity index (χ4v) is 2.12. The third-order valence-corrected chi connectivity index (χ3v) is 4.09. The lowest BCUT2D eigenvalue weighted by Crippen LogP contribution is -2.33. The average molecular weight is 252 g/mol. The Hall–Kier alpha value is -1.46. The molecule has 2 rings (SSSR count). The van der Waals surface area contributed by atoms with Crippen LogP contribution in [-0.4, -0.2) is 31.3 Å². The summed E-state index contributed by atoms with van der Waals surface area (Å²) in [6, 6.07) is 0. The highest BCUT2D eigenvalue weighted by Crippen LogP contribution is 2.41. The molecular weight excluding hydrogens is 232 g/mol. The van der Waals surface area contributed by atoms with Crippen molar-refractivity contribution in [3.05, 3.63) is 5.82 Å². The highest BCUT2D eigenvalue weighted by molar-refractivity contribution is 5.73. The van der Waals surface area contributed by atoms with E-state index in [0.717, 1.165) is 5.82 Å². The first-order valence-electron chi connectivity index (χ1n) is 6.47. The van der Waals surface area contributed by atoms with Crippen molar-refractivity contribution >= 4 is 5.97 Å². The molecule has 0 amide bonds. The van der Waals surface area contributed by atoms with Gasteiger partial charge in [0.05, 0.1) is 12.0 Å². The molecule has 100 valence electrons. The summed E-state index contributed by atoms with van der Waals surface area (Å²) in [5.74, 6) is 0.992. The number of aliphatic carboxylic acids is 1. The number of carboxylic acid groups (broad SMARTS) is 1. The van der Waals surface area contributed by atoms with E-state index in [1.165, 1.54) is 12.8 Å². The second kappa shape index (κ2) is 4.66. The summed E-state index contributed by atoms with van der Waals surface area (Å²) < 4.78 is 1.67. The van der Waals surface area contributed by atoms with Gasteiger partial charge in [0.2, 0.25) is 0 Å². The molecule has 6 nitrogen and oxygen atoms in total. The summed E-state index contributed by atoms with van der Waals surface area (Å²) in [4.78, 5) is 11.3. The Kier molecular flexibility index (Phi) is 3.36. The van der Waals surface area contributed by atoms with Gasteiger partial charge in [-0.1, -0.05) is 13.8 Å². The van der Waals surface area contributed by atoms with Crippen molar-refractivity contribution in [3.63, 3.8) is 0 Å². The van der Waals surface area contributed by atoms with E-state index in [9.17, 15) is 9.90 Å². The zero-order valence-electron chi connectivity index (χ0n) is 11.1. The van der Waals surface area contributed by atoms with Gasteiger partial charge in [-0.15, -0.1) is 5.10 Å². The average Bonchev–Trinajstić information content (AvgIpc) is 3.09. The first-order valence-corrected chi connectivity index (χ1v) is 6.47. The lowest BCUT2D eigenvalue weighted by atomic mass is 9.87. The highest BCUT2D eigenvalue weighted by Gasteiger charge is 2.36. The van der Waals surface area contributed by atoms with Crippen molar-refractivity contribution in [1.29, 1.82) is 0 Å². The fourth-order valence-electron chi connectivity index (χ4n) is 2.12. The van der Waals surface area contributed by atoms with Crippen molar-refractivity contribution in [2.24, 2.45) is 11.3 Å². The largest absolute Gasteiger partial charge is 0.481 e. The van der Waals surface area contributed by atoms with E-state index < -0.39 is 11.4 Å². The fraction of sp³-hybridized carbons (Fsp3) is 0.833. The summed E-state index contributed by atoms with van der Waals surface area (Å²) in [7, 11) is 0. The van der Waals surface area contributed by atoms with E-state index in [2.05, 4.69) is 22.4 Å². The smallest absolute Gasteiger partial charge is 0.311 e. The molecular formula is C12H20N4O2. The van der Waals surface area contributed by atoms with Crippen molar-refractivity contribution < 1.29 is 9.90 Å². The van der Waals surface area contributed by atoms with E-state index >= 15 is 0 Å². The van der Waals surface area contributed by atoms with Crippen LogP contribution in [0.15, 0.2) is 0 Å². The summed E-state index contributed by atoms with van der Waals surface area (Å²) >= 11 is 0. The first kappa shape index (κ1) is 13.0. The maximum Gasteiger partial charge on any atom is 0.311 e. The molecule has 1 heterocycles. The Morgan fingerprint density at radius 1 is 1.61 bits per heavy atom. The zero-order chi connectivity index (χ0) is 13.3. The van der Waals surface area contributed by atoms with Crippen molar-refractivity contribution in [2.45, 2.75) is 52.5 Å². The molecule has 6 heteroatoms. The SMILES string of the molecule is CCC(C)(Cn1nnnc1C(C)C1CC1)C(=O)O. The number of hydrogen-bond donors (Lipinski definition) is 1. The van der Waals surface area contributed by atoms with Gasteiger partial charge >= 0.3 is 5.97 Å². The molecule has 0 bridgehead atoms. The van der Waals surface area contributed by atoms with Crippen molar-refractivity contribution in [2.75, 3.05) is 0 Å². The van der Waals surface area contributed by atoms with E-state index in [0.29, 0.717) is 24.8 Å². The standard InChI is InChI=1S/C12H20N4O2/c1-4-12(3,11(17)18)7-16-10(13-14-15-16)8(2)9-5-6-9/h8-9H,4-7H2,1-3H3,(H,17,18). The maximum absolute atomic E-state index is 11.3. The predicted molar refractivity (Wildman–Crippen MR) is 65.0 cm³/mol. The van der Waals surface area contributed by atoms with E-state index in [1.54, 1.807) is 11.6 Å². The van der Waals surface area contributed by atoms with Crippen molar-refractivity contribution in [1.82, 2.24) is 20.2 Å².